The molecule has 0 atom stereocenters. The Morgan fingerprint density at radius 1 is 1.19 bits per heavy atom. The van der Waals surface area contributed by atoms with Gasteiger partial charge in [-0.15, -0.1) is 0 Å². The molecule has 0 saturated heterocycles. The third kappa shape index (κ3) is 2.88. The predicted octanol–water partition coefficient (Wildman–Crippen LogP) is 4.02. The van der Waals surface area contributed by atoms with Gasteiger partial charge < -0.3 is 10.1 Å². The van der Waals surface area contributed by atoms with E-state index < -0.39 is 11.2 Å². The van der Waals surface area contributed by atoms with Crippen LogP contribution in [-0.2, 0) is 13.5 Å². The number of hydrogen-bond donors (Lipinski definition) is 2. The van der Waals surface area contributed by atoms with Gasteiger partial charge in [0.1, 0.15) is 5.82 Å². The zero-order valence-electron chi connectivity index (χ0n) is 14.3. The molecule has 7 heteroatoms. The molecule has 136 valence electrons. The molecule has 0 fully saturated rings. The molecule has 5 nitrogen and oxygen atoms in total. The van der Waals surface area contributed by atoms with Crippen LogP contribution >= 0.6 is 11.6 Å². The summed E-state index contributed by atoms with van der Waals surface area (Å²) in [5, 5.41) is 15.5. The first kappa shape index (κ1) is 17.3. The Morgan fingerprint density at radius 2 is 1.89 bits per heavy atom. The molecule has 2 heterocycles. The van der Waals surface area contributed by atoms with Gasteiger partial charge in [0.2, 0.25) is 5.43 Å². The Balaban J connectivity index is 1.93. The average Bonchev–Trinajstić information content (AvgIpc) is 2.96. The van der Waals surface area contributed by atoms with Crippen LogP contribution in [-0.4, -0.2) is 19.9 Å². The van der Waals surface area contributed by atoms with Crippen LogP contribution in [0.1, 0.15) is 11.3 Å². The van der Waals surface area contributed by atoms with Gasteiger partial charge in [-0.1, -0.05) is 48.0 Å². The van der Waals surface area contributed by atoms with Crippen molar-refractivity contribution in [2.45, 2.75) is 6.42 Å². The van der Waals surface area contributed by atoms with E-state index in [2.05, 4.69) is 10.1 Å². The number of halogens is 2. The minimum atomic E-state index is -0.571. The number of nitrogens with zero attached hydrogens (tertiary/aromatic N) is 2. The summed E-state index contributed by atoms with van der Waals surface area (Å²) in [5.74, 6) is -0.807. The average molecular weight is 384 g/mol. The van der Waals surface area contributed by atoms with Crippen molar-refractivity contribution in [3.05, 3.63) is 80.9 Å². The molecule has 4 aromatic rings. The Bertz CT molecular complexity index is 1230. The van der Waals surface area contributed by atoms with E-state index in [4.69, 9.17) is 11.6 Å². The van der Waals surface area contributed by atoms with Gasteiger partial charge in [-0.3, -0.25) is 9.48 Å². The minimum Gasteiger partial charge on any atom is -0.503 e. The van der Waals surface area contributed by atoms with E-state index in [0.717, 1.165) is 0 Å². The van der Waals surface area contributed by atoms with Gasteiger partial charge in [0.25, 0.3) is 0 Å². The Kier molecular flexibility index (Phi) is 4.20. The molecule has 2 aromatic carbocycles. The number of rotatable bonds is 3. The molecule has 0 saturated carbocycles. The van der Waals surface area contributed by atoms with E-state index in [-0.39, 0.29) is 23.3 Å². The van der Waals surface area contributed by atoms with Gasteiger partial charge in [-0.25, -0.2) is 4.39 Å². The standard InChI is InChI=1S/C20H15ClFN3O2/c1-25-15(10-11-6-2-5-9-14(11)22)16-18(26)19(27)17(23-20(16)24-25)12-7-3-4-8-13(12)21/h2-9,27H,10H2,1H3,(H,23,24). The molecule has 0 aliphatic rings. The Labute approximate surface area is 158 Å². The predicted molar refractivity (Wildman–Crippen MR) is 103 cm³/mol. The molecule has 0 aliphatic carbocycles. The fraction of sp³-hybridized carbons (Fsp3) is 0.100. The molecule has 0 unspecified atom stereocenters. The first-order chi connectivity index (χ1) is 13.0. The van der Waals surface area contributed by atoms with Crippen LogP contribution < -0.4 is 5.43 Å². The van der Waals surface area contributed by atoms with Gasteiger partial charge in [-0.2, -0.15) is 5.10 Å². The van der Waals surface area contributed by atoms with Crippen LogP contribution in [0.2, 0.25) is 5.02 Å². The maximum absolute atomic E-state index is 14.0. The van der Waals surface area contributed by atoms with Crippen molar-refractivity contribution in [3.63, 3.8) is 0 Å². The number of aromatic hydroxyl groups is 1. The molecule has 0 bridgehead atoms. The van der Waals surface area contributed by atoms with Crippen molar-refractivity contribution in [2.24, 2.45) is 7.05 Å². The molecule has 0 amide bonds. The lowest BCUT2D eigenvalue weighted by molar-refractivity contribution is 0.471. The zero-order chi connectivity index (χ0) is 19.1. The summed E-state index contributed by atoms with van der Waals surface area (Å²) in [5.41, 5.74) is 1.39. The topological polar surface area (TPSA) is 70.9 Å². The molecule has 0 spiro atoms. The van der Waals surface area contributed by atoms with Gasteiger partial charge in [-0.05, 0) is 17.7 Å². The van der Waals surface area contributed by atoms with Crippen LogP contribution in [0.25, 0.3) is 22.3 Å². The second-order valence-electron chi connectivity index (χ2n) is 6.22. The van der Waals surface area contributed by atoms with Crippen LogP contribution in [0.5, 0.6) is 5.75 Å². The Morgan fingerprint density at radius 3 is 2.63 bits per heavy atom. The number of aryl methyl sites for hydroxylation is 1. The molecular weight excluding hydrogens is 369 g/mol. The lowest BCUT2D eigenvalue weighted by atomic mass is 10.0. The highest BCUT2D eigenvalue weighted by atomic mass is 35.5. The highest BCUT2D eigenvalue weighted by Crippen LogP contribution is 2.32. The lowest BCUT2D eigenvalue weighted by Gasteiger charge is -2.07. The molecule has 2 aromatic heterocycles. The van der Waals surface area contributed by atoms with Gasteiger partial charge in [0.05, 0.1) is 21.8 Å². The number of fused-ring (bicyclic) bond motifs is 1. The van der Waals surface area contributed by atoms with E-state index in [9.17, 15) is 14.3 Å². The van der Waals surface area contributed by atoms with Crippen LogP contribution in [0, 0.1) is 5.82 Å². The number of nitrogens with one attached hydrogen (secondary N) is 1. The molecule has 0 radical (unpaired) electrons. The van der Waals surface area contributed by atoms with Crippen molar-refractivity contribution in [1.82, 2.24) is 14.8 Å². The number of aromatic nitrogens is 3. The van der Waals surface area contributed by atoms with Gasteiger partial charge in [0, 0.05) is 19.0 Å². The minimum absolute atomic E-state index is 0.174. The summed E-state index contributed by atoms with van der Waals surface area (Å²) in [6, 6.07) is 13.2. The summed E-state index contributed by atoms with van der Waals surface area (Å²) >= 11 is 6.20. The van der Waals surface area contributed by atoms with Crippen LogP contribution in [0.4, 0.5) is 4.39 Å². The molecule has 4 rings (SSSR count). The molecule has 27 heavy (non-hydrogen) atoms. The monoisotopic (exact) mass is 383 g/mol. The summed E-state index contributed by atoms with van der Waals surface area (Å²) in [6.07, 6.45) is 0.174. The Hall–Kier alpha value is -3.12. The maximum atomic E-state index is 14.0. The first-order valence-electron chi connectivity index (χ1n) is 8.26. The number of pyridine rings is 1. The summed E-state index contributed by atoms with van der Waals surface area (Å²) < 4.78 is 15.6. The third-order valence-electron chi connectivity index (χ3n) is 4.55. The summed E-state index contributed by atoms with van der Waals surface area (Å²) in [4.78, 5) is 15.9. The van der Waals surface area contributed by atoms with Crippen molar-refractivity contribution >= 4 is 22.6 Å². The lowest BCUT2D eigenvalue weighted by Crippen LogP contribution is -2.08. The second-order valence-corrected chi connectivity index (χ2v) is 6.63. The maximum Gasteiger partial charge on any atom is 0.235 e. The highest BCUT2D eigenvalue weighted by Gasteiger charge is 2.21. The summed E-state index contributed by atoms with van der Waals surface area (Å²) in [6.45, 7) is 0. The van der Waals surface area contributed by atoms with E-state index in [1.807, 2.05) is 0 Å². The van der Waals surface area contributed by atoms with Gasteiger partial charge in [0.15, 0.2) is 11.4 Å². The smallest absolute Gasteiger partial charge is 0.235 e. The number of benzene rings is 2. The summed E-state index contributed by atoms with van der Waals surface area (Å²) in [7, 11) is 1.68. The SMILES string of the molecule is Cn1nc2[nH]c(-c3ccccc3Cl)c(O)c(=O)c2c1Cc1ccccc1F. The van der Waals surface area contributed by atoms with Gasteiger partial charge >= 0.3 is 0 Å². The number of hydrogen-bond acceptors (Lipinski definition) is 3. The third-order valence-corrected chi connectivity index (χ3v) is 4.88. The second kappa shape index (κ2) is 6.55. The number of H-pyrrole nitrogens is 1. The van der Waals surface area contributed by atoms with Crippen LogP contribution in [0.3, 0.4) is 0 Å². The van der Waals surface area contributed by atoms with Crippen molar-refractivity contribution in [3.8, 4) is 17.0 Å². The molecule has 0 aliphatic heterocycles. The van der Waals surface area contributed by atoms with Crippen LogP contribution in [0.15, 0.2) is 53.3 Å². The van der Waals surface area contributed by atoms with Crippen molar-refractivity contribution < 1.29 is 9.50 Å². The quantitative estimate of drug-likeness (QED) is 0.561. The highest BCUT2D eigenvalue weighted by molar-refractivity contribution is 6.33. The van der Waals surface area contributed by atoms with E-state index in [1.165, 1.54) is 10.7 Å². The normalized spacial score (nSPS) is 11.2. The number of aromatic amines is 1. The largest absolute Gasteiger partial charge is 0.503 e. The van der Waals surface area contributed by atoms with E-state index >= 15 is 0 Å². The van der Waals surface area contributed by atoms with Crippen molar-refractivity contribution in [2.75, 3.05) is 0 Å². The fourth-order valence-electron chi connectivity index (χ4n) is 3.18. The van der Waals surface area contributed by atoms with E-state index in [1.54, 1.807) is 49.5 Å². The van der Waals surface area contributed by atoms with E-state index in [0.29, 0.717) is 27.5 Å². The first-order valence-corrected chi connectivity index (χ1v) is 8.64. The molecule has 2 N–H and O–H groups in total. The fourth-order valence-corrected chi connectivity index (χ4v) is 3.41. The molecular formula is C20H15ClFN3O2. The zero-order valence-corrected chi connectivity index (χ0v) is 15.1. The van der Waals surface area contributed by atoms with Crippen molar-refractivity contribution in [1.29, 1.82) is 0 Å².